The van der Waals surface area contributed by atoms with Crippen LogP contribution >= 0.6 is 11.6 Å². The second kappa shape index (κ2) is 4.88. The fourth-order valence-corrected chi connectivity index (χ4v) is 2.07. The molecule has 1 N–H and O–H groups in total. The van der Waals surface area contributed by atoms with E-state index in [1.54, 1.807) is 6.92 Å². The van der Waals surface area contributed by atoms with Gasteiger partial charge < -0.3 is 4.98 Å². The van der Waals surface area contributed by atoms with E-state index in [4.69, 9.17) is 11.6 Å². The third-order valence-electron chi connectivity index (χ3n) is 2.85. The second-order valence-corrected chi connectivity index (χ2v) is 4.54. The number of rotatable bonds is 4. The number of non-ortho nitro benzene ring substituents is 1. The van der Waals surface area contributed by atoms with Crippen LogP contribution in [0.15, 0.2) is 6.07 Å². The van der Waals surface area contributed by atoms with E-state index >= 15 is 0 Å². The molecule has 0 fully saturated rings. The number of halogens is 3. The van der Waals surface area contributed by atoms with Crippen LogP contribution in [-0.2, 0) is 11.8 Å². The molecule has 0 bridgehead atoms. The van der Waals surface area contributed by atoms with Crippen molar-refractivity contribution < 1.29 is 18.6 Å². The zero-order valence-electron chi connectivity index (χ0n) is 10.4. The zero-order valence-corrected chi connectivity index (χ0v) is 11.1. The summed E-state index contributed by atoms with van der Waals surface area (Å²) in [5, 5.41) is 18.1. The third kappa shape index (κ3) is 2.49. The zero-order chi connectivity index (χ0) is 15.9. The molecule has 11 heteroatoms. The molecule has 0 saturated heterocycles. The highest BCUT2D eigenvalue weighted by Crippen LogP contribution is 2.38. The van der Waals surface area contributed by atoms with Crippen molar-refractivity contribution in [2.45, 2.75) is 18.7 Å². The van der Waals surface area contributed by atoms with Crippen molar-refractivity contribution in [2.24, 2.45) is 0 Å². The molecule has 21 heavy (non-hydrogen) atoms. The van der Waals surface area contributed by atoms with Gasteiger partial charge in [0.05, 0.1) is 27.0 Å². The first-order chi connectivity index (χ1) is 9.66. The highest BCUT2D eigenvalue weighted by Gasteiger charge is 2.35. The fraction of sp³-hybridized carbons (Fsp3) is 0.300. The van der Waals surface area contributed by atoms with Gasteiger partial charge in [-0.2, -0.15) is 8.78 Å². The van der Waals surface area contributed by atoms with Gasteiger partial charge in [0.25, 0.3) is 5.69 Å². The van der Waals surface area contributed by atoms with Crippen molar-refractivity contribution in [3.8, 4) is 0 Å². The van der Waals surface area contributed by atoms with Gasteiger partial charge in [-0.1, -0.05) is 6.92 Å². The van der Waals surface area contributed by atoms with Crippen LogP contribution in [0.2, 0.25) is 0 Å². The summed E-state index contributed by atoms with van der Waals surface area (Å²) in [6.45, 7) is 1.55. The Morgan fingerprint density at radius 2 is 1.90 bits per heavy atom. The fourth-order valence-electron chi connectivity index (χ4n) is 1.98. The number of hydrogen-bond donors (Lipinski definition) is 1. The van der Waals surface area contributed by atoms with E-state index in [-0.39, 0.29) is 17.5 Å². The highest BCUT2D eigenvalue weighted by atomic mass is 35.5. The smallest absolute Gasteiger partial charge is 0.335 e. The molecule has 2 aromatic rings. The van der Waals surface area contributed by atoms with Crippen LogP contribution < -0.4 is 0 Å². The van der Waals surface area contributed by atoms with Gasteiger partial charge in [-0.25, -0.2) is 4.98 Å². The second-order valence-electron chi connectivity index (χ2n) is 4.07. The van der Waals surface area contributed by atoms with Gasteiger partial charge in [0.15, 0.2) is 11.3 Å². The number of hydrogen-bond acceptors (Lipinski definition) is 5. The molecule has 1 aromatic carbocycles. The molecule has 2 rings (SSSR count). The van der Waals surface area contributed by atoms with Gasteiger partial charge in [0.1, 0.15) is 0 Å². The number of nitro groups is 2. The molecule has 0 aliphatic heterocycles. The molecule has 0 saturated carbocycles. The minimum absolute atomic E-state index is 0.0419. The lowest BCUT2D eigenvalue weighted by Gasteiger charge is -2.02. The molecule has 8 nitrogen and oxygen atoms in total. The monoisotopic (exact) mass is 320 g/mol. The summed E-state index contributed by atoms with van der Waals surface area (Å²) in [7, 11) is 0. The van der Waals surface area contributed by atoms with Gasteiger partial charge in [-0.3, -0.25) is 20.2 Å². The SMILES string of the molecule is CCc1c([N+](=O)[O-])cc([N+](=O)[O-])c2nc(C(F)(F)Cl)[nH]c12. The molecule has 0 amide bonds. The average Bonchev–Trinajstić information content (AvgIpc) is 2.80. The van der Waals surface area contributed by atoms with Crippen LogP contribution in [0.25, 0.3) is 11.0 Å². The summed E-state index contributed by atoms with van der Waals surface area (Å²) in [6.07, 6.45) is 0.0975. The first kappa shape index (κ1) is 15.0. The maximum Gasteiger partial charge on any atom is 0.379 e. The summed E-state index contributed by atoms with van der Waals surface area (Å²) in [5.41, 5.74) is -1.81. The Morgan fingerprint density at radius 3 is 2.33 bits per heavy atom. The van der Waals surface area contributed by atoms with Gasteiger partial charge in [0, 0.05) is 0 Å². The number of nitrogens with one attached hydrogen (secondary N) is 1. The molecule has 0 radical (unpaired) electrons. The maximum atomic E-state index is 13.1. The number of fused-ring (bicyclic) bond motifs is 1. The van der Waals surface area contributed by atoms with Crippen LogP contribution in [0.4, 0.5) is 20.2 Å². The molecule has 112 valence electrons. The van der Waals surface area contributed by atoms with Crippen LogP contribution in [0.1, 0.15) is 18.3 Å². The average molecular weight is 321 g/mol. The lowest BCUT2D eigenvalue weighted by molar-refractivity contribution is -0.393. The number of benzene rings is 1. The summed E-state index contributed by atoms with van der Waals surface area (Å²) >= 11 is 4.83. The van der Waals surface area contributed by atoms with Crippen molar-refractivity contribution in [3.05, 3.63) is 37.7 Å². The van der Waals surface area contributed by atoms with Crippen LogP contribution in [0.5, 0.6) is 0 Å². The predicted octanol–water partition coefficient (Wildman–Crippen LogP) is 3.23. The normalized spacial score (nSPS) is 11.8. The molecular weight excluding hydrogens is 314 g/mol. The minimum Gasteiger partial charge on any atom is -0.335 e. The van der Waals surface area contributed by atoms with Crippen molar-refractivity contribution in [3.63, 3.8) is 0 Å². The van der Waals surface area contributed by atoms with E-state index < -0.39 is 37.9 Å². The molecule has 0 spiro atoms. The molecule has 1 heterocycles. The Labute approximate surface area is 120 Å². The number of aromatic amines is 1. The van der Waals surface area contributed by atoms with Gasteiger partial charge in [-0.05, 0) is 18.0 Å². The van der Waals surface area contributed by atoms with Crippen molar-refractivity contribution in [1.29, 1.82) is 0 Å². The summed E-state index contributed by atoms with van der Waals surface area (Å²) in [4.78, 5) is 25.8. The molecule has 1 aromatic heterocycles. The Hall–Kier alpha value is -2.36. The number of nitro benzene ring substituents is 2. The van der Waals surface area contributed by atoms with Crippen LogP contribution in [0, 0.1) is 20.2 Å². The number of H-pyrrole nitrogens is 1. The summed E-state index contributed by atoms with van der Waals surface area (Å²) in [6, 6.07) is 0.707. The van der Waals surface area contributed by atoms with Crippen molar-refractivity contribution >= 4 is 34.0 Å². The van der Waals surface area contributed by atoms with E-state index in [1.807, 2.05) is 0 Å². The maximum absolute atomic E-state index is 13.1. The minimum atomic E-state index is -3.87. The highest BCUT2D eigenvalue weighted by molar-refractivity contribution is 6.21. The molecule has 0 aliphatic rings. The molecule has 0 aliphatic carbocycles. The predicted molar refractivity (Wildman–Crippen MR) is 68.5 cm³/mol. The van der Waals surface area contributed by atoms with E-state index in [0.717, 1.165) is 0 Å². The first-order valence-corrected chi connectivity index (χ1v) is 5.96. The third-order valence-corrected chi connectivity index (χ3v) is 3.03. The van der Waals surface area contributed by atoms with Crippen molar-refractivity contribution in [1.82, 2.24) is 9.97 Å². The summed E-state index contributed by atoms with van der Waals surface area (Å²) < 4.78 is 26.2. The van der Waals surface area contributed by atoms with E-state index in [2.05, 4.69) is 9.97 Å². The number of imidazole rings is 1. The van der Waals surface area contributed by atoms with Gasteiger partial charge in [0.2, 0.25) is 0 Å². The Bertz CT molecular complexity index is 756. The molecule has 0 unspecified atom stereocenters. The van der Waals surface area contributed by atoms with Crippen molar-refractivity contribution in [2.75, 3.05) is 0 Å². The largest absolute Gasteiger partial charge is 0.379 e. The van der Waals surface area contributed by atoms with E-state index in [0.29, 0.717) is 6.07 Å². The summed E-state index contributed by atoms with van der Waals surface area (Å²) in [5.74, 6) is -1.00. The Balaban J connectivity index is 2.93. The van der Waals surface area contributed by atoms with Gasteiger partial charge in [-0.15, -0.1) is 0 Å². The molecule has 0 atom stereocenters. The topological polar surface area (TPSA) is 115 Å². The van der Waals surface area contributed by atoms with Crippen LogP contribution in [-0.4, -0.2) is 19.8 Å². The van der Waals surface area contributed by atoms with Crippen LogP contribution in [0.3, 0.4) is 0 Å². The first-order valence-electron chi connectivity index (χ1n) is 5.58. The Morgan fingerprint density at radius 1 is 1.33 bits per heavy atom. The van der Waals surface area contributed by atoms with E-state index in [1.165, 1.54) is 0 Å². The lowest BCUT2D eigenvalue weighted by atomic mass is 10.1. The quantitative estimate of drug-likeness (QED) is 0.527. The standard InChI is InChI=1S/C10H7ClF2N4O4/c1-2-4-5(16(18)19)3-6(17(20)21)8-7(4)14-9(15-8)10(11,12)13/h3H,2H2,1H3,(H,14,15). The van der Waals surface area contributed by atoms with Gasteiger partial charge >= 0.3 is 11.1 Å². The number of nitrogens with zero attached hydrogens (tertiary/aromatic N) is 3. The van der Waals surface area contributed by atoms with E-state index in [9.17, 15) is 29.0 Å². The lowest BCUT2D eigenvalue weighted by Crippen LogP contribution is -2.05. The number of aryl methyl sites for hydroxylation is 1. The Kier molecular flexibility index (Phi) is 3.49. The number of alkyl halides is 3. The molecular formula is C10H7ClF2N4O4. The number of aromatic nitrogens is 2.